The van der Waals surface area contributed by atoms with Crippen LogP contribution in [0.25, 0.3) is 0 Å². The highest BCUT2D eigenvalue weighted by Crippen LogP contribution is 2.23. The van der Waals surface area contributed by atoms with Gasteiger partial charge in [0.15, 0.2) is 6.04 Å². The third-order valence-corrected chi connectivity index (χ3v) is 3.24. The number of amides is 2. The minimum Gasteiger partial charge on any atom is -0.479 e. The SMILES string of the molecule is CC(C)(C)CCNC(=O)N[C@@H](C(=O)O)c1ccccc1Cl. The van der Waals surface area contributed by atoms with Crippen LogP contribution < -0.4 is 10.6 Å². The van der Waals surface area contributed by atoms with Crippen LogP contribution in [0.3, 0.4) is 0 Å². The van der Waals surface area contributed by atoms with Crippen LogP contribution in [0.5, 0.6) is 0 Å². The van der Waals surface area contributed by atoms with Gasteiger partial charge in [-0.15, -0.1) is 0 Å². The van der Waals surface area contributed by atoms with Crippen LogP contribution in [0.1, 0.15) is 38.8 Å². The molecule has 0 fully saturated rings. The van der Waals surface area contributed by atoms with Crippen molar-refractivity contribution in [3.8, 4) is 0 Å². The molecule has 1 aromatic carbocycles. The molecule has 0 aliphatic carbocycles. The van der Waals surface area contributed by atoms with E-state index in [1.54, 1.807) is 24.3 Å². The van der Waals surface area contributed by atoms with Crippen LogP contribution in [0.2, 0.25) is 5.02 Å². The summed E-state index contributed by atoms with van der Waals surface area (Å²) in [6, 6.07) is 4.85. The van der Waals surface area contributed by atoms with E-state index < -0.39 is 18.0 Å². The van der Waals surface area contributed by atoms with Crippen LogP contribution in [-0.4, -0.2) is 23.7 Å². The van der Waals surface area contributed by atoms with Crippen molar-refractivity contribution in [1.29, 1.82) is 0 Å². The maximum atomic E-state index is 11.8. The number of aliphatic carboxylic acids is 1. The van der Waals surface area contributed by atoms with Crippen LogP contribution >= 0.6 is 11.6 Å². The van der Waals surface area contributed by atoms with Crippen molar-refractivity contribution in [1.82, 2.24) is 10.6 Å². The van der Waals surface area contributed by atoms with E-state index in [1.165, 1.54) is 0 Å². The summed E-state index contributed by atoms with van der Waals surface area (Å²) < 4.78 is 0. The number of nitrogens with one attached hydrogen (secondary N) is 2. The van der Waals surface area contributed by atoms with Gasteiger partial charge in [0, 0.05) is 17.1 Å². The minimum atomic E-state index is -1.17. The smallest absolute Gasteiger partial charge is 0.331 e. The van der Waals surface area contributed by atoms with Crippen molar-refractivity contribution in [3.63, 3.8) is 0 Å². The van der Waals surface area contributed by atoms with E-state index in [-0.39, 0.29) is 5.41 Å². The van der Waals surface area contributed by atoms with Crippen molar-refractivity contribution >= 4 is 23.6 Å². The number of carbonyl (C=O) groups is 2. The van der Waals surface area contributed by atoms with E-state index in [1.807, 2.05) is 0 Å². The fraction of sp³-hybridized carbons (Fsp3) is 0.467. The third-order valence-electron chi connectivity index (χ3n) is 2.90. The van der Waals surface area contributed by atoms with E-state index in [0.29, 0.717) is 17.1 Å². The number of rotatable bonds is 5. The number of carbonyl (C=O) groups excluding carboxylic acids is 1. The number of urea groups is 1. The number of carboxylic acid groups (broad SMARTS) is 1. The molecule has 3 N–H and O–H groups in total. The third kappa shape index (κ3) is 6.04. The zero-order valence-corrected chi connectivity index (χ0v) is 13.2. The zero-order valence-electron chi connectivity index (χ0n) is 12.4. The summed E-state index contributed by atoms with van der Waals surface area (Å²) in [5.74, 6) is -1.16. The van der Waals surface area contributed by atoms with Gasteiger partial charge in [0.1, 0.15) is 0 Å². The second kappa shape index (κ2) is 7.31. The Labute approximate surface area is 129 Å². The van der Waals surface area contributed by atoms with Gasteiger partial charge in [-0.3, -0.25) is 0 Å². The zero-order chi connectivity index (χ0) is 16.0. The monoisotopic (exact) mass is 312 g/mol. The van der Waals surface area contributed by atoms with E-state index in [4.69, 9.17) is 11.6 Å². The van der Waals surface area contributed by atoms with Gasteiger partial charge < -0.3 is 15.7 Å². The second-order valence-electron chi connectivity index (χ2n) is 6.00. The Morgan fingerprint density at radius 2 is 1.90 bits per heavy atom. The first kappa shape index (κ1) is 17.3. The summed E-state index contributed by atoms with van der Waals surface area (Å²) in [7, 11) is 0. The highest BCUT2D eigenvalue weighted by atomic mass is 35.5. The first-order valence-electron chi connectivity index (χ1n) is 6.72. The van der Waals surface area contributed by atoms with Crippen LogP contribution in [0, 0.1) is 5.41 Å². The van der Waals surface area contributed by atoms with E-state index in [0.717, 1.165) is 6.42 Å². The molecular weight excluding hydrogens is 292 g/mol. The van der Waals surface area contributed by atoms with Gasteiger partial charge in [0.2, 0.25) is 0 Å². The first-order chi connectivity index (χ1) is 9.70. The lowest BCUT2D eigenvalue weighted by atomic mass is 9.92. The quantitative estimate of drug-likeness (QED) is 0.781. The Bertz CT molecular complexity index is 512. The molecule has 0 aliphatic heterocycles. The van der Waals surface area contributed by atoms with E-state index in [9.17, 15) is 14.7 Å². The Hall–Kier alpha value is -1.75. The summed E-state index contributed by atoms with van der Waals surface area (Å²) >= 11 is 5.98. The molecule has 0 bridgehead atoms. The van der Waals surface area contributed by atoms with Crippen LogP contribution in [-0.2, 0) is 4.79 Å². The predicted molar refractivity (Wildman–Crippen MR) is 82.4 cm³/mol. The topological polar surface area (TPSA) is 78.4 Å². The Morgan fingerprint density at radius 3 is 2.43 bits per heavy atom. The van der Waals surface area contributed by atoms with E-state index in [2.05, 4.69) is 31.4 Å². The summed E-state index contributed by atoms with van der Waals surface area (Å²) in [5.41, 5.74) is 0.458. The molecule has 0 spiro atoms. The molecule has 1 rings (SSSR count). The average molecular weight is 313 g/mol. The number of hydrogen-bond donors (Lipinski definition) is 3. The molecule has 2 amide bonds. The Kier molecular flexibility index (Phi) is 6.03. The normalized spacial score (nSPS) is 12.6. The minimum absolute atomic E-state index is 0.0994. The Morgan fingerprint density at radius 1 is 1.29 bits per heavy atom. The summed E-state index contributed by atoms with van der Waals surface area (Å²) in [6.07, 6.45) is 0.796. The molecule has 5 nitrogen and oxygen atoms in total. The second-order valence-corrected chi connectivity index (χ2v) is 6.41. The highest BCUT2D eigenvalue weighted by molar-refractivity contribution is 6.31. The van der Waals surface area contributed by atoms with Gasteiger partial charge in [-0.25, -0.2) is 9.59 Å². The molecule has 116 valence electrons. The molecule has 0 saturated carbocycles. The maximum absolute atomic E-state index is 11.8. The maximum Gasteiger partial charge on any atom is 0.331 e. The predicted octanol–water partition coefficient (Wildman–Crippen LogP) is 3.20. The largest absolute Gasteiger partial charge is 0.479 e. The van der Waals surface area contributed by atoms with Crippen molar-refractivity contribution in [2.24, 2.45) is 5.41 Å². The molecule has 0 saturated heterocycles. The molecule has 0 aliphatic rings. The standard InChI is InChI=1S/C15H21ClN2O3/c1-15(2,3)8-9-17-14(21)18-12(13(19)20)10-6-4-5-7-11(10)16/h4-7,12H,8-9H2,1-3H3,(H,19,20)(H2,17,18,21)/t12-/m1/s1. The van der Waals surface area contributed by atoms with E-state index >= 15 is 0 Å². The van der Waals surface area contributed by atoms with Gasteiger partial charge >= 0.3 is 12.0 Å². The molecule has 0 unspecified atom stereocenters. The molecule has 1 aromatic rings. The summed E-state index contributed by atoms with van der Waals surface area (Å²) in [6.45, 7) is 6.67. The highest BCUT2D eigenvalue weighted by Gasteiger charge is 2.24. The lowest BCUT2D eigenvalue weighted by Gasteiger charge is -2.20. The number of hydrogen-bond acceptors (Lipinski definition) is 2. The first-order valence-corrected chi connectivity index (χ1v) is 7.10. The van der Waals surface area contributed by atoms with Crippen molar-refractivity contribution in [2.75, 3.05) is 6.54 Å². The lowest BCUT2D eigenvalue weighted by molar-refractivity contribution is -0.139. The lowest BCUT2D eigenvalue weighted by Crippen LogP contribution is -2.41. The summed E-state index contributed by atoms with van der Waals surface area (Å²) in [4.78, 5) is 23.1. The molecule has 0 heterocycles. The molecule has 0 aromatic heterocycles. The van der Waals surface area contributed by atoms with Crippen LogP contribution in [0.15, 0.2) is 24.3 Å². The number of halogens is 1. The molecule has 6 heteroatoms. The fourth-order valence-electron chi connectivity index (χ4n) is 1.71. The molecular formula is C15H21ClN2O3. The molecule has 21 heavy (non-hydrogen) atoms. The van der Waals surface area contributed by atoms with Gasteiger partial charge in [-0.05, 0) is 17.9 Å². The van der Waals surface area contributed by atoms with Crippen LogP contribution in [0.4, 0.5) is 4.79 Å². The average Bonchev–Trinajstić information content (AvgIpc) is 2.35. The number of benzene rings is 1. The van der Waals surface area contributed by atoms with Crippen molar-refractivity contribution < 1.29 is 14.7 Å². The Balaban J connectivity index is 2.66. The van der Waals surface area contributed by atoms with Gasteiger partial charge in [0.05, 0.1) is 0 Å². The molecule has 1 atom stereocenters. The van der Waals surface area contributed by atoms with Crippen molar-refractivity contribution in [3.05, 3.63) is 34.9 Å². The van der Waals surface area contributed by atoms with Gasteiger partial charge in [-0.2, -0.15) is 0 Å². The fourth-order valence-corrected chi connectivity index (χ4v) is 1.96. The summed E-state index contributed by atoms with van der Waals surface area (Å²) in [5, 5.41) is 14.6. The van der Waals surface area contributed by atoms with Crippen molar-refractivity contribution in [2.45, 2.75) is 33.2 Å². The number of carboxylic acids is 1. The molecule has 0 radical (unpaired) electrons. The van der Waals surface area contributed by atoms with Gasteiger partial charge in [-0.1, -0.05) is 50.6 Å². The van der Waals surface area contributed by atoms with Gasteiger partial charge in [0.25, 0.3) is 0 Å².